The Balaban J connectivity index is 2.25. The number of hydrogen-bond donors (Lipinski definition) is 5. The van der Waals surface area contributed by atoms with Gasteiger partial charge in [0.1, 0.15) is 4.75 Å². The number of benzene rings is 1. The van der Waals surface area contributed by atoms with Crippen molar-refractivity contribution >= 4 is 28.9 Å². The van der Waals surface area contributed by atoms with Crippen LogP contribution < -0.4 is 5.32 Å². The number of nitrogens with zero attached hydrogens (tertiary/aromatic N) is 1. The van der Waals surface area contributed by atoms with Gasteiger partial charge in [-0.1, -0.05) is 0 Å². The van der Waals surface area contributed by atoms with Gasteiger partial charge in [0.25, 0.3) is 5.91 Å². The van der Waals surface area contributed by atoms with E-state index in [-0.39, 0.29) is 12.0 Å². The van der Waals surface area contributed by atoms with E-state index in [0.717, 1.165) is 17.0 Å². The molecule has 1 heterocycles. The second kappa shape index (κ2) is 7.53. The highest BCUT2D eigenvalue weighted by Gasteiger charge is 2.54. The average molecular weight is 400 g/mol. The van der Waals surface area contributed by atoms with E-state index in [1.54, 1.807) is 6.92 Å². The maximum Gasteiger partial charge on any atom is 0.328 e. The number of phenols is 2. The topological polar surface area (TPSA) is 164 Å². The lowest BCUT2D eigenvalue weighted by atomic mass is 9.91. The van der Waals surface area contributed by atoms with Crippen LogP contribution in [0.1, 0.15) is 30.6 Å². The molecule has 148 valence electrons. The van der Waals surface area contributed by atoms with Crippen molar-refractivity contribution in [1.29, 1.82) is 0 Å². The predicted octanol–water partition coefficient (Wildman–Crippen LogP) is -0.118. The van der Waals surface area contributed by atoms with Crippen molar-refractivity contribution in [3.8, 4) is 11.5 Å². The minimum absolute atomic E-state index is 0.0448. The molecule has 1 aliphatic heterocycles. The van der Waals surface area contributed by atoms with Gasteiger partial charge in [0.2, 0.25) is 5.91 Å². The fraction of sp³-hybridized carbons (Fsp3) is 0.438. The van der Waals surface area contributed by atoms with Crippen molar-refractivity contribution in [2.75, 3.05) is 6.54 Å². The SMILES string of the molecule is C[C@@H]1CC(=O)N1[C@@H](C(=O)O)[C@](C)(CNC(=O)c1ccc(O)c(O)c1)S(=O)O. The molecule has 11 heteroatoms. The number of aromatic hydroxyl groups is 2. The van der Waals surface area contributed by atoms with Gasteiger partial charge in [0.05, 0.1) is 0 Å². The number of carbonyl (C=O) groups excluding carboxylic acids is 2. The Morgan fingerprint density at radius 1 is 1.37 bits per heavy atom. The number of likely N-dealkylation sites (tertiary alicyclic amines) is 1. The summed E-state index contributed by atoms with van der Waals surface area (Å²) < 4.78 is 19.8. The zero-order valence-corrected chi connectivity index (χ0v) is 15.4. The van der Waals surface area contributed by atoms with E-state index >= 15 is 0 Å². The molecule has 1 saturated heterocycles. The molecule has 0 aliphatic carbocycles. The van der Waals surface area contributed by atoms with E-state index in [2.05, 4.69) is 5.32 Å². The average Bonchev–Trinajstić information content (AvgIpc) is 2.59. The molecule has 0 bridgehead atoms. The van der Waals surface area contributed by atoms with Gasteiger partial charge in [-0.05, 0) is 32.0 Å². The van der Waals surface area contributed by atoms with Gasteiger partial charge in [-0.15, -0.1) is 0 Å². The minimum Gasteiger partial charge on any atom is -0.504 e. The summed E-state index contributed by atoms with van der Waals surface area (Å²) in [5.74, 6) is -3.63. The van der Waals surface area contributed by atoms with E-state index in [0.29, 0.717) is 0 Å². The molecule has 1 aromatic carbocycles. The van der Waals surface area contributed by atoms with Crippen LogP contribution in [-0.2, 0) is 20.7 Å². The van der Waals surface area contributed by atoms with Crippen LogP contribution in [0.4, 0.5) is 0 Å². The van der Waals surface area contributed by atoms with Gasteiger partial charge in [0, 0.05) is 24.6 Å². The molecule has 0 aromatic heterocycles. The summed E-state index contributed by atoms with van der Waals surface area (Å²) in [5, 5.41) is 30.6. The number of aliphatic carboxylic acids is 1. The van der Waals surface area contributed by atoms with Crippen molar-refractivity contribution in [3.05, 3.63) is 23.8 Å². The Labute approximate surface area is 157 Å². The summed E-state index contributed by atoms with van der Waals surface area (Å²) in [6.45, 7) is 2.29. The molecule has 10 nitrogen and oxygen atoms in total. The molecule has 0 spiro atoms. The normalized spacial score (nSPS) is 20.9. The van der Waals surface area contributed by atoms with Crippen molar-refractivity contribution in [2.24, 2.45) is 0 Å². The van der Waals surface area contributed by atoms with Crippen molar-refractivity contribution in [1.82, 2.24) is 10.2 Å². The summed E-state index contributed by atoms with van der Waals surface area (Å²) in [6, 6.07) is 1.27. The van der Waals surface area contributed by atoms with Crippen LogP contribution in [0.3, 0.4) is 0 Å². The van der Waals surface area contributed by atoms with E-state index in [4.69, 9.17) is 0 Å². The third kappa shape index (κ3) is 3.88. The first-order valence-electron chi connectivity index (χ1n) is 7.94. The fourth-order valence-electron chi connectivity index (χ4n) is 2.94. The lowest BCUT2D eigenvalue weighted by molar-refractivity contribution is -0.162. The van der Waals surface area contributed by atoms with E-state index in [1.807, 2.05) is 0 Å². The highest BCUT2D eigenvalue weighted by atomic mass is 32.2. The van der Waals surface area contributed by atoms with Gasteiger partial charge in [-0.25, -0.2) is 9.00 Å². The highest BCUT2D eigenvalue weighted by Crippen LogP contribution is 2.31. The maximum atomic E-state index is 12.2. The van der Waals surface area contributed by atoms with E-state index in [9.17, 15) is 38.5 Å². The van der Waals surface area contributed by atoms with E-state index < -0.39 is 63.7 Å². The Bertz CT molecular complexity index is 814. The number of phenolic OH excluding ortho intramolecular Hbond substituents is 2. The monoisotopic (exact) mass is 400 g/mol. The van der Waals surface area contributed by atoms with Gasteiger partial charge < -0.3 is 30.1 Å². The lowest BCUT2D eigenvalue weighted by Crippen LogP contribution is -2.69. The molecule has 4 atom stereocenters. The molecule has 2 amide bonds. The standard InChI is InChI=1S/C16H20N2O8S/c1-8-5-12(21)18(8)13(15(23)24)16(2,27(25)26)7-17-14(22)9-3-4-10(19)11(20)6-9/h3-4,6,8,13,19-20H,5,7H2,1-2H3,(H,17,22)(H,23,24)(H,25,26)/t8-,13+,16+/m1/s1. The first kappa shape index (κ1) is 20.6. The molecule has 1 fully saturated rings. The second-order valence-electron chi connectivity index (χ2n) is 6.54. The van der Waals surface area contributed by atoms with Crippen molar-refractivity contribution in [3.63, 3.8) is 0 Å². The van der Waals surface area contributed by atoms with Crippen LogP contribution >= 0.6 is 0 Å². The quantitative estimate of drug-likeness (QED) is 0.240. The first-order chi connectivity index (χ1) is 12.5. The Hall–Kier alpha value is -2.66. The molecule has 0 radical (unpaired) electrons. The molecule has 5 N–H and O–H groups in total. The largest absolute Gasteiger partial charge is 0.504 e. The fourth-order valence-corrected chi connectivity index (χ4v) is 3.54. The molecule has 27 heavy (non-hydrogen) atoms. The summed E-state index contributed by atoms with van der Waals surface area (Å²) in [6.07, 6.45) is 0.136. The van der Waals surface area contributed by atoms with Gasteiger partial charge in [-0.2, -0.15) is 0 Å². The number of rotatable bonds is 7. The third-order valence-corrected chi connectivity index (χ3v) is 5.73. The Kier molecular flexibility index (Phi) is 5.76. The van der Waals surface area contributed by atoms with Crippen molar-refractivity contribution < 1.29 is 38.5 Å². The molecular formula is C16H20N2O8S. The number of nitrogens with one attached hydrogen (secondary N) is 1. The Morgan fingerprint density at radius 3 is 2.44 bits per heavy atom. The van der Waals surface area contributed by atoms with Crippen LogP contribution in [0, 0.1) is 0 Å². The molecular weight excluding hydrogens is 380 g/mol. The molecule has 1 unspecified atom stereocenters. The number of hydrogen-bond acceptors (Lipinski definition) is 6. The van der Waals surface area contributed by atoms with Crippen LogP contribution in [0.25, 0.3) is 0 Å². The molecule has 1 aromatic rings. The maximum absolute atomic E-state index is 12.2. The van der Waals surface area contributed by atoms with Crippen LogP contribution in [0.15, 0.2) is 18.2 Å². The van der Waals surface area contributed by atoms with Crippen LogP contribution in [0.2, 0.25) is 0 Å². The predicted molar refractivity (Wildman–Crippen MR) is 93.6 cm³/mol. The molecule has 2 rings (SSSR count). The van der Waals surface area contributed by atoms with Crippen LogP contribution in [0.5, 0.6) is 11.5 Å². The molecule has 1 aliphatic rings. The number of amides is 2. The smallest absolute Gasteiger partial charge is 0.328 e. The second-order valence-corrected chi connectivity index (χ2v) is 7.97. The zero-order valence-electron chi connectivity index (χ0n) is 14.6. The number of β-lactam (4-membered cyclic amide) rings is 1. The van der Waals surface area contributed by atoms with Gasteiger partial charge in [0.15, 0.2) is 28.6 Å². The zero-order chi connectivity index (χ0) is 20.5. The third-order valence-electron chi connectivity index (χ3n) is 4.56. The summed E-state index contributed by atoms with van der Waals surface area (Å²) in [4.78, 5) is 36.9. The van der Waals surface area contributed by atoms with Crippen molar-refractivity contribution in [2.45, 2.75) is 37.1 Å². The summed E-state index contributed by atoms with van der Waals surface area (Å²) >= 11 is -2.70. The van der Waals surface area contributed by atoms with Gasteiger partial charge in [-0.3, -0.25) is 9.59 Å². The first-order valence-corrected chi connectivity index (χ1v) is 9.04. The highest BCUT2D eigenvalue weighted by molar-refractivity contribution is 7.80. The Morgan fingerprint density at radius 2 is 2.00 bits per heavy atom. The number of carbonyl (C=O) groups is 3. The van der Waals surface area contributed by atoms with Gasteiger partial charge >= 0.3 is 5.97 Å². The summed E-state index contributed by atoms with van der Waals surface area (Å²) in [5.41, 5.74) is -0.0448. The van der Waals surface area contributed by atoms with E-state index in [1.165, 1.54) is 13.0 Å². The minimum atomic E-state index is -2.70. The number of carboxylic acid groups (broad SMARTS) is 1. The summed E-state index contributed by atoms with van der Waals surface area (Å²) in [7, 11) is 0. The van der Waals surface area contributed by atoms with Crippen LogP contribution in [-0.4, -0.2) is 70.1 Å². The lowest BCUT2D eigenvalue weighted by Gasteiger charge is -2.47. The molecule has 0 saturated carbocycles. The number of carboxylic acids is 1.